The molecule has 0 spiro atoms. The zero-order valence-corrected chi connectivity index (χ0v) is 8.25. The number of unbranched alkanes of at least 4 members (excludes halogenated alkanes) is 1. The van der Waals surface area contributed by atoms with E-state index >= 15 is 0 Å². The summed E-state index contributed by atoms with van der Waals surface area (Å²) in [5, 5.41) is 4.61. The van der Waals surface area contributed by atoms with Crippen molar-refractivity contribution in [2.45, 2.75) is 19.8 Å². The van der Waals surface area contributed by atoms with Gasteiger partial charge in [0.25, 0.3) is 0 Å². The van der Waals surface area contributed by atoms with Crippen LogP contribution in [0.1, 0.15) is 19.8 Å². The number of anilines is 1. The molecule has 0 bridgehead atoms. The van der Waals surface area contributed by atoms with Crippen LogP contribution in [0.4, 0.5) is 5.82 Å². The van der Waals surface area contributed by atoms with Crippen LogP contribution in [0.2, 0.25) is 5.02 Å². The fourth-order valence-electron chi connectivity index (χ4n) is 0.747. The molecule has 70 valence electrons. The Hall–Kier alpha value is -1.09. The average Bonchev–Trinajstić information content (AvgIpc) is 2.15. The number of rotatable bonds is 4. The standard InChI is InChI=1S/C9H12ClN3/c1-2-3-6-12-13-9-5-4-8(10)7-11-9/h4-7H,2-3H2,1H3,(H,11,13). The lowest BCUT2D eigenvalue weighted by Gasteiger charge is -1.97. The molecule has 1 aromatic rings. The summed E-state index contributed by atoms with van der Waals surface area (Å²) in [5.41, 5.74) is 2.81. The van der Waals surface area contributed by atoms with Crippen LogP contribution >= 0.6 is 11.6 Å². The van der Waals surface area contributed by atoms with Crippen LogP contribution in [0.25, 0.3) is 0 Å². The predicted octanol–water partition coefficient (Wildman–Crippen LogP) is 2.93. The molecular formula is C9H12ClN3. The van der Waals surface area contributed by atoms with E-state index in [1.54, 1.807) is 18.3 Å². The Labute approximate surface area is 82.8 Å². The third-order valence-electron chi connectivity index (χ3n) is 1.42. The van der Waals surface area contributed by atoms with Crippen molar-refractivity contribution in [3.05, 3.63) is 23.4 Å². The van der Waals surface area contributed by atoms with Crippen molar-refractivity contribution < 1.29 is 0 Å². The van der Waals surface area contributed by atoms with E-state index in [9.17, 15) is 0 Å². The van der Waals surface area contributed by atoms with E-state index < -0.39 is 0 Å². The maximum absolute atomic E-state index is 5.67. The van der Waals surface area contributed by atoms with Crippen molar-refractivity contribution in [1.29, 1.82) is 0 Å². The highest BCUT2D eigenvalue weighted by molar-refractivity contribution is 6.30. The quantitative estimate of drug-likeness (QED) is 0.595. The Kier molecular flexibility index (Phi) is 4.26. The van der Waals surface area contributed by atoms with E-state index in [-0.39, 0.29) is 0 Å². The predicted molar refractivity (Wildman–Crippen MR) is 56.3 cm³/mol. The number of hydrazone groups is 1. The Morgan fingerprint density at radius 3 is 3.08 bits per heavy atom. The molecule has 13 heavy (non-hydrogen) atoms. The van der Waals surface area contributed by atoms with Gasteiger partial charge in [0.05, 0.1) is 5.02 Å². The maximum atomic E-state index is 5.67. The molecule has 0 unspecified atom stereocenters. The normalized spacial score (nSPS) is 10.6. The summed E-state index contributed by atoms with van der Waals surface area (Å²) in [6, 6.07) is 3.55. The molecule has 0 atom stereocenters. The smallest absolute Gasteiger partial charge is 0.146 e. The summed E-state index contributed by atoms with van der Waals surface area (Å²) >= 11 is 5.67. The number of pyridine rings is 1. The van der Waals surface area contributed by atoms with E-state index in [0.29, 0.717) is 10.8 Å². The SMILES string of the molecule is CCCC=NNc1ccc(Cl)cn1. The van der Waals surface area contributed by atoms with Crippen molar-refractivity contribution in [3.8, 4) is 0 Å². The largest absolute Gasteiger partial charge is 0.262 e. The van der Waals surface area contributed by atoms with Crippen LogP contribution in [-0.4, -0.2) is 11.2 Å². The molecule has 0 radical (unpaired) electrons. The van der Waals surface area contributed by atoms with Gasteiger partial charge in [-0.15, -0.1) is 0 Å². The molecule has 3 nitrogen and oxygen atoms in total. The van der Waals surface area contributed by atoms with Gasteiger partial charge in [0.15, 0.2) is 0 Å². The number of aromatic nitrogens is 1. The summed E-state index contributed by atoms with van der Waals surface area (Å²) in [6.45, 7) is 2.10. The second-order valence-electron chi connectivity index (χ2n) is 2.57. The van der Waals surface area contributed by atoms with Gasteiger partial charge in [-0.05, 0) is 18.6 Å². The average molecular weight is 198 g/mol. The second-order valence-corrected chi connectivity index (χ2v) is 3.01. The first-order valence-electron chi connectivity index (χ1n) is 4.22. The number of hydrogen-bond acceptors (Lipinski definition) is 3. The number of halogens is 1. The topological polar surface area (TPSA) is 37.3 Å². The van der Waals surface area contributed by atoms with E-state index in [2.05, 4.69) is 22.4 Å². The van der Waals surface area contributed by atoms with Crippen LogP contribution in [0, 0.1) is 0 Å². The van der Waals surface area contributed by atoms with Crippen LogP contribution in [0.15, 0.2) is 23.4 Å². The van der Waals surface area contributed by atoms with E-state index in [1.807, 2.05) is 6.21 Å². The van der Waals surface area contributed by atoms with E-state index in [1.165, 1.54) is 0 Å². The molecule has 0 fully saturated rings. The van der Waals surface area contributed by atoms with Gasteiger partial charge in [-0.3, -0.25) is 5.43 Å². The van der Waals surface area contributed by atoms with Gasteiger partial charge in [-0.2, -0.15) is 5.10 Å². The first-order valence-corrected chi connectivity index (χ1v) is 4.60. The molecule has 1 aromatic heterocycles. The highest BCUT2D eigenvalue weighted by Gasteiger charge is 1.89. The number of nitrogens with one attached hydrogen (secondary N) is 1. The Morgan fingerprint density at radius 2 is 2.46 bits per heavy atom. The van der Waals surface area contributed by atoms with Crippen LogP contribution < -0.4 is 5.43 Å². The highest BCUT2D eigenvalue weighted by Crippen LogP contribution is 2.08. The lowest BCUT2D eigenvalue weighted by atomic mass is 10.4. The number of nitrogens with zero attached hydrogens (tertiary/aromatic N) is 2. The van der Waals surface area contributed by atoms with Crippen molar-refractivity contribution in [3.63, 3.8) is 0 Å². The van der Waals surface area contributed by atoms with Gasteiger partial charge in [-0.1, -0.05) is 24.9 Å². The Morgan fingerprint density at radius 1 is 1.62 bits per heavy atom. The molecule has 1 heterocycles. The molecule has 0 saturated heterocycles. The minimum Gasteiger partial charge on any atom is -0.262 e. The zero-order valence-electron chi connectivity index (χ0n) is 7.50. The van der Waals surface area contributed by atoms with E-state index in [0.717, 1.165) is 12.8 Å². The van der Waals surface area contributed by atoms with Gasteiger partial charge < -0.3 is 0 Å². The third-order valence-corrected chi connectivity index (χ3v) is 1.64. The van der Waals surface area contributed by atoms with Crippen LogP contribution in [-0.2, 0) is 0 Å². The Balaban J connectivity index is 2.41. The van der Waals surface area contributed by atoms with Crippen molar-refractivity contribution in [2.75, 3.05) is 5.43 Å². The van der Waals surface area contributed by atoms with Crippen LogP contribution in [0.3, 0.4) is 0 Å². The summed E-state index contributed by atoms with van der Waals surface area (Å²) in [5.74, 6) is 0.705. The fourth-order valence-corrected chi connectivity index (χ4v) is 0.859. The molecule has 4 heteroatoms. The van der Waals surface area contributed by atoms with Crippen LogP contribution in [0.5, 0.6) is 0 Å². The second kappa shape index (κ2) is 5.54. The van der Waals surface area contributed by atoms with Gasteiger partial charge in [0.2, 0.25) is 0 Å². The summed E-state index contributed by atoms with van der Waals surface area (Å²) < 4.78 is 0. The van der Waals surface area contributed by atoms with Gasteiger partial charge in [-0.25, -0.2) is 4.98 Å². The summed E-state index contributed by atoms with van der Waals surface area (Å²) in [6.07, 6.45) is 5.48. The van der Waals surface area contributed by atoms with Crippen molar-refractivity contribution in [1.82, 2.24) is 4.98 Å². The molecule has 0 aliphatic rings. The molecule has 1 rings (SSSR count). The van der Waals surface area contributed by atoms with Gasteiger partial charge >= 0.3 is 0 Å². The van der Waals surface area contributed by atoms with Crippen molar-refractivity contribution in [2.24, 2.45) is 5.10 Å². The molecule has 0 aromatic carbocycles. The van der Waals surface area contributed by atoms with Gasteiger partial charge in [0, 0.05) is 12.4 Å². The maximum Gasteiger partial charge on any atom is 0.146 e. The molecule has 0 aliphatic carbocycles. The highest BCUT2D eigenvalue weighted by atomic mass is 35.5. The molecule has 1 N–H and O–H groups in total. The molecule has 0 aliphatic heterocycles. The molecular weight excluding hydrogens is 186 g/mol. The lowest BCUT2D eigenvalue weighted by molar-refractivity contribution is 1.00. The third kappa shape index (κ3) is 3.90. The fraction of sp³-hybridized carbons (Fsp3) is 0.333. The lowest BCUT2D eigenvalue weighted by Crippen LogP contribution is -1.91. The van der Waals surface area contributed by atoms with Crippen molar-refractivity contribution >= 4 is 23.6 Å². The first-order chi connectivity index (χ1) is 6.33. The summed E-state index contributed by atoms with van der Waals surface area (Å²) in [4.78, 5) is 4.02. The van der Waals surface area contributed by atoms with Gasteiger partial charge in [0.1, 0.15) is 5.82 Å². The minimum absolute atomic E-state index is 0.628. The monoisotopic (exact) mass is 197 g/mol. The minimum atomic E-state index is 0.628. The zero-order chi connectivity index (χ0) is 9.52. The summed E-state index contributed by atoms with van der Waals surface area (Å²) in [7, 11) is 0. The molecule has 0 amide bonds. The van der Waals surface area contributed by atoms with E-state index in [4.69, 9.17) is 11.6 Å². The molecule has 0 saturated carbocycles. The Bertz CT molecular complexity index is 269. The first kappa shape index (κ1) is 9.99. The number of hydrogen-bond donors (Lipinski definition) is 1.